The van der Waals surface area contributed by atoms with Crippen LogP contribution < -0.4 is 5.32 Å². The standard InChI is InChI=1S/C13H25NO5S/c1-13(2,3)18-12(15)14-9-10-5-7-11(8-6-10)19-20(4,16)17/h10-11H,5-9H2,1-4H3,(H,14,15). The van der Waals surface area contributed by atoms with Crippen molar-refractivity contribution in [3.05, 3.63) is 0 Å². The van der Waals surface area contributed by atoms with E-state index in [1.807, 2.05) is 20.8 Å². The number of carbonyl (C=O) groups excluding carboxylic acids is 1. The molecule has 118 valence electrons. The normalized spacial score (nSPS) is 24.2. The van der Waals surface area contributed by atoms with Gasteiger partial charge in [-0.05, 0) is 52.4 Å². The van der Waals surface area contributed by atoms with E-state index >= 15 is 0 Å². The molecular weight excluding hydrogens is 282 g/mol. The third-order valence-corrected chi connectivity index (χ3v) is 3.66. The third-order valence-electron chi connectivity index (χ3n) is 3.04. The highest BCUT2D eigenvalue weighted by Gasteiger charge is 2.25. The summed E-state index contributed by atoms with van der Waals surface area (Å²) in [5.74, 6) is 0.349. The topological polar surface area (TPSA) is 81.7 Å². The van der Waals surface area contributed by atoms with E-state index in [1.54, 1.807) is 0 Å². The van der Waals surface area contributed by atoms with Gasteiger partial charge in [-0.2, -0.15) is 8.42 Å². The van der Waals surface area contributed by atoms with Crippen LogP contribution in [0.4, 0.5) is 4.79 Å². The molecule has 0 aromatic heterocycles. The van der Waals surface area contributed by atoms with Crippen molar-refractivity contribution in [3.63, 3.8) is 0 Å². The van der Waals surface area contributed by atoms with Crippen LogP contribution in [0.25, 0.3) is 0 Å². The molecule has 1 N–H and O–H groups in total. The number of hydrogen-bond donors (Lipinski definition) is 1. The van der Waals surface area contributed by atoms with Gasteiger partial charge in [0.2, 0.25) is 0 Å². The van der Waals surface area contributed by atoms with Crippen LogP contribution >= 0.6 is 0 Å². The number of hydrogen-bond acceptors (Lipinski definition) is 5. The Morgan fingerprint density at radius 3 is 2.20 bits per heavy atom. The highest BCUT2D eigenvalue weighted by atomic mass is 32.2. The van der Waals surface area contributed by atoms with E-state index < -0.39 is 21.8 Å². The monoisotopic (exact) mass is 307 g/mol. The summed E-state index contributed by atoms with van der Waals surface area (Å²) in [5, 5.41) is 2.75. The molecule has 0 spiro atoms. The van der Waals surface area contributed by atoms with Crippen LogP contribution in [0.1, 0.15) is 46.5 Å². The molecule has 0 aromatic rings. The lowest BCUT2D eigenvalue weighted by Gasteiger charge is -2.28. The molecule has 1 amide bonds. The van der Waals surface area contributed by atoms with Crippen molar-refractivity contribution in [2.75, 3.05) is 12.8 Å². The van der Waals surface area contributed by atoms with Crippen molar-refractivity contribution in [1.29, 1.82) is 0 Å². The SMILES string of the molecule is CC(C)(C)OC(=O)NCC1CCC(OS(C)(=O)=O)CC1. The summed E-state index contributed by atoms with van der Waals surface area (Å²) < 4.78 is 32.2. The average molecular weight is 307 g/mol. The molecule has 1 aliphatic rings. The smallest absolute Gasteiger partial charge is 0.407 e. The van der Waals surface area contributed by atoms with E-state index in [1.165, 1.54) is 0 Å². The second-order valence-electron chi connectivity index (χ2n) is 6.33. The Hall–Kier alpha value is -0.820. The van der Waals surface area contributed by atoms with Gasteiger partial charge in [0.15, 0.2) is 0 Å². The van der Waals surface area contributed by atoms with Crippen LogP contribution in [0.3, 0.4) is 0 Å². The minimum atomic E-state index is -3.38. The molecule has 0 aromatic carbocycles. The van der Waals surface area contributed by atoms with Gasteiger partial charge in [0, 0.05) is 6.54 Å². The maximum absolute atomic E-state index is 11.5. The molecule has 1 saturated carbocycles. The molecule has 0 unspecified atom stereocenters. The van der Waals surface area contributed by atoms with Gasteiger partial charge in [0.1, 0.15) is 5.60 Å². The van der Waals surface area contributed by atoms with E-state index in [-0.39, 0.29) is 6.10 Å². The minimum Gasteiger partial charge on any atom is -0.444 e. The highest BCUT2D eigenvalue weighted by Crippen LogP contribution is 2.26. The Labute approximate surface area is 121 Å². The van der Waals surface area contributed by atoms with E-state index in [0.717, 1.165) is 19.1 Å². The second-order valence-corrected chi connectivity index (χ2v) is 7.93. The lowest BCUT2D eigenvalue weighted by molar-refractivity contribution is 0.0509. The highest BCUT2D eigenvalue weighted by molar-refractivity contribution is 7.86. The number of alkyl carbamates (subject to hydrolysis) is 1. The van der Waals surface area contributed by atoms with Crippen molar-refractivity contribution < 1.29 is 22.1 Å². The fraction of sp³-hybridized carbons (Fsp3) is 0.923. The summed E-state index contributed by atoms with van der Waals surface area (Å²) in [6.07, 6.45) is 3.53. The zero-order chi connectivity index (χ0) is 15.4. The first-order valence-corrected chi connectivity index (χ1v) is 8.72. The van der Waals surface area contributed by atoms with Crippen molar-refractivity contribution >= 4 is 16.2 Å². The predicted octanol–water partition coefficient (Wildman–Crippen LogP) is 2.05. The van der Waals surface area contributed by atoms with Crippen LogP contribution in [0.2, 0.25) is 0 Å². The molecule has 1 aliphatic carbocycles. The van der Waals surface area contributed by atoms with Gasteiger partial charge in [-0.25, -0.2) is 4.79 Å². The van der Waals surface area contributed by atoms with E-state index in [0.29, 0.717) is 25.3 Å². The number of amides is 1. The Bertz CT molecular complexity index is 419. The molecule has 1 rings (SSSR count). The third kappa shape index (κ3) is 7.69. The van der Waals surface area contributed by atoms with Crippen molar-refractivity contribution in [1.82, 2.24) is 5.32 Å². The maximum Gasteiger partial charge on any atom is 0.407 e. The fourth-order valence-electron chi connectivity index (χ4n) is 2.22. The average Bonchev–Trinajstić information content (AvgIpc) is 2.23. The van der Waals surface area contributed by atoms with Gasteiger partial charge >= 0.3 is 6.09 Å². The molecule has 0 saturated heterocycles. The zero-order valence-electron chi connectivity index (χ0n) is 12.6. The van der Waals surface area contributed by atoms with Gasteiger partial charge in [-0.15, -0.1) is 0 Å². The Morgan fingerprint density at radius 2 is 1.75 bits per heavy atom. The van der Waals surface area contributed by atoms with Crippen molar-refractivity contribution in [3.8, 4) is 0 Å². The zero-order valence-corrected chi connectivity index (χ0v) is 13.5. The summed E-state index contributed by atoms with van der Waals surface area (Å²) in [5.41, 5.74) is -0.495. The van der Waals surface area contributed by atoms with Crippen LogP contribution in [-0.2, 0) is 19.0 Å². The lowest BCUT2D eigenvalue weighted by Crippen LogP contribution is -2.36. The molecule has 0 radical (unpaired) electrons. The first-order chi connectivity index (χ1) is 9.05. The number of rotatable bonds is 4. The minimum absolute atomic E-state index is 0.220. The molecule has 6 nitrogen and oxygen atoms in total. The molecule has 0 atom stereocenters. The molecular formula is C13H25NO5S. The van der Waals surface area contributed by atoms with Gasteiger partial charge in [0.25, 0.3) is 10.1 Å². The van der Waals surface area contributed by atoms with Crippen molar-refractivity contribution in [2.45, 2.75) is 58.2 Å². The summed E-state index contributed by atoms with van der Waals surface area (Å²) in [6, 6.07) is 0. The fourth-order valence-corrected chi connectivity index (χ4v) is 2.91. The van der Waals surface area contributed by atoms with Crippen LogP contribution in [0.5, 0.6) is 0 Å². The molecule has 0 aliphatic heterocycles. The van der Waals surface area contributed by atoms with Crippen molar-refractivity contribution in [2.24, 2.45) is 5.92 Å². The van der Waals surface area contributed by atoms with Crippen LogP contribution in [-0.4, -0.2) is 39.0 Å². The number of carbonyl (C=O) groups is 1. The van der Waals surface area contributed by atoms with Crippen LogP contribution in [0, 0.1) is 5.92 Å². The summed E-state index contributed by atoms with van der Waals surface area (Å²) in [4.78, 5) is 11.5. The van der Waals surface area contributed by atoms with Gasteiger partial charge < -0.3 is 10.1 Å². The van der Waals surface area contributed by atoms with Gasteiger partial charge in [-0.1, -0.05) is 0 Å². The number of nitrogens with one attached hydrogen (secondary N) is 1. The largest absolute Gasteiger partial charge is 0.444 e. The first-order valence-electron chi connectivity index (χ1n) is 6.90. The lowest BCUT2D eigenvalue weighted by atomic mass is 9.87. The van der Waals surface area contributed by atoms with Crippen LogP contribution in [0.15, 0.2) is 0 Å². The molecule has 0 bridgehead atoms. The Morgan fingerprint density at radius 1 is 1.20 bits per heavy atom. The molecule has 7 heteroatoms. The van der Waals surface area contributed by atoms with Gasteiger partial charge in [0.05, 0.1) is 12.4 Å². The van der Waals surface area contributed by atoms with E-state index in [4.69, 9.17) is 8.92 Å². The number of ether oxygens (including phenoxy) is 1. The first kappa shape index (κ1) is 17.2. The summed E-state index contributed by atoms with van der Waals surface area (Å²) >= 11 is 0. The van der Waals surface area contributed by atoms with E-state index in [2.05, 4.69) is 5.32 Å². The summed E-state index contributed by atoms with van der Waals surface area (Å²) in [6.45, 7) is 6.02. The second kappa shape index (κ2) is 6.76. The maximum atomic E-state index is 11.5. The quantitative estimate of drug-likeness (QED) is 0.804. The molecule has 20 heavy (non-hydrogen) atoms. The Kier molecular flexibility index (Phi) is 5.82. The summed E-state index contributed by atoms with van der Waals surface area (Å²) in [7, 11) is -3.38. The predicted molar refractivity (Wildman–Crippen MR) is 75.9 cm³/mol. The van der Waals surface area contributed by atoms with E-state index in [9.17, 15) is 13.2 Å². The Balaban J connectivity index is 2.24. The molecule has 0 heterocycles. The molecule has 1 fully saturated rings. The van der Waals surface area contributed by atoms with Gasteiger partial charge in [-0.3, -0.25) is 4.18 Å².